The first kappa shape index (κ1) is 21.5. The molecule has 1 N–H and O–H groups in total. The van der Waals surface area contributed by atoms with E-state index in [-0.39, 0.29) is 24.1 Å². The van der Waals surface area contributed by atoms with Gasteiger partial charge in [-0.3, -0.25) is 9.69 Å². The standard InChI is InChI=1S/C19H28ClN3O4S/c20-18-5-3-16(4-6-18)15-28(25,26)23-8-1-2-17(14-23)19(24)21-7-9-22-10-12-27-13-11-22/h3-6,17H,1-2,7-15H2,(H,21,24)/t17-/m0/s1. The molecular weight excluding hydrogens is 402 g/mol. The lowest BCUT2D eigenvalue weighted by Crippen LogP contribution is -2.47. The third kappa shape index (κ3) is 6.15. The normalized spacial score (nSPS) is 22.1. The van der Waals surface area contributed by atoms with Crippen molar-refractivity contribution >= 4 is 27.5 Å². The smallest absolute Gasteiger partial charge is 0.224 e. The lowest BCUT2D eigenvalue weighted by molar-refractivity contribution is -0.126. The Morgan fingerprint density at radius 3 is 2.61 bits per heavy atom. The quantitative estimate of drug-likeness (QED) is 0.707. The summed E-state index contributed by atoms with van der Waals surface area (Å²) in [7, 11) is -3.47. The van der Waals surface area contributed by atoms with Gasteiger partial charge >= 0.3 is 0 Å². The molecule has 3 rings (SSSR count). The number of carbonyl (C=O) groups excluding carboxylic acids is 1. The minimum absolute atomic E-state index is 0.0559. The van der Waals surface area contributed by atoms with Gasteiger partial charge in [0.15, 0.2) is 0 Å². The van der Waals surface area contributed by atoms with Gasteiger partial charge in [0.2, 0.25) is 15.9 Å². The van der Waals surface area contributed by atoms with E-state index < -0.39 is 10.0 Å². The Hall–Kier alpha value is -1.19. The molecule has 2 aliphatic rings. The molecule has 0 bridgehead atoms. The summed E-state index contributed by atoms with van der Waals surface area (Å²) < 4.78 is 32.3. The fraction of sp³-hybridized carbons (Fsp3) is 0.632. The molecule has 156 valence electrons. The average Bonchev–Trinajstić information content (AvgIpc) is 2.70. The molecule has 0 aromatic heterocycles. The molecule has 0 unspecified atom stereocenters. The predicted molar refractivity (Wildman–Crippen MR) is 109 cm³/mol. The van der Waals surface area contributed by atoms with Gasteiger partial charge in [-0.1, -0.05) is 23.7 Å². The van der Waals surface area contributed by atoms with Crippen molar-refractivity contribution in [2.24, 2.45) is 5.92 Å². The summed E-state index contributed by atoms with van der Waals surface area (Å²) in [6, 6.07) is 6.82. The van der Waals surface area contributed by atoms with Crippen LogP contribution >= 0.6 is 11.6 Å². The minimum Gasteiger partial charge on any atom is -0.379 e. The Morgan fingerprint density at radius 2 is 1.89 bits per heavy atom. The first-order valence-corrected chi connectivity index (χ1v) is 11.7. The molecule has 0 saturated carbocycles. The molecule has 2 saturated heterocycles. The van der Waals surface area contributed by atoms with E-state index >= 15 is 0 Å². The molecule has 1 aromatic carbocycles. The van der Waals surface area contributed by atoms with Gasteiger partial charge in [-0.05, 0) is 30.5 Å². The second-order valence-electron chi connectivity index (χ2n) is 7.32. The number of carbonyl (C=O) groups is 1. The molecule has 2 heterocycles. The molecule has 2 fully saturated rings. The number of benzene rings is 1. The summed E-state index contributed by atoms with van der Waals surface area (Å²) in [4.78, 5) is 14.8. The zero-order valence-electron chi connectivity index (χ0n) is 16.0. The van der Waals surface area contributed by atoms with Crippen LogP contribution in [0.2, 0.25) is 5.02 Å². The maximum atomic E-state index is 12.8. The zero-order valence-corrected chi connectivity index (χ0v) is 17.6. The van der Waals surface area contributed by atoms with Crippen LogP contribution in [0.15, 0.2) is 24.3 Å². The van der Waals surface area contributed by atoms with Gasteiger partial charge in [0.1, 0.15) is 0 Å². The number of hydrogen-bond acceptors (Lipinski definition) is 5. The largest absolute Gasteiger partial charge is 0.379 e. The van der Waals surface area contributed by atoms with Crippen LogP contribution in [0.4, 0.5) is 0 Å². The van der Waals surface area contributed by atoms with Crippen molar-refractivity contribution in [1.82, 2.24) is 14.5 Å². The minimum atomic E-state index is -3.47. The van der Waals surface area contributed by atoms with Gasteiger partial charge in [-0.25, -0.2) is 12.7 Å². The number of sulfonamides is 1. The van der Waals surface area contributed by atoms with Crippen LogP contribution < -0.4 is 5.32 Å². The van der Waals surface area contributed by atoms with Gasteiger partial charge < -0.3 is 10.1 Å². The first-order valence-electron chi connectivity index (χ1n) is 9.74. The Morgan fingerprint density at radius 1 is 1.18 bits per heavy atom. The third-order valence-electron chi connectivity index (χ3n) is 5.24. The second-order valence-corrected chi connectivity index (χ2v) is 9.73. The van der Waals surface area contributed by atoms with Gasteiger partial charge in [-0.2, -0.15) is 0 Å². The van der Waals surface area contributed by atoms with Crippen LogP contribution in [0.25, 0.3) is 0 Å². The van der Waals surface area contributed by atoms with Crippen molar-refractivity contribution in [3.8, 4) is 0 Å². The van der Waals surface area contributed by atoms with E-state index in [0.29, 0.717) is 30.1 Å². The van der Waals surface area contributed by atoms with E-state index in [1.165, 1.54) is 4.31 Å². The summed E-state index contributed by atoms with van der Waals surface area (Å²) in [5.41, 5.74) is 0.696. The Balaban J connectivity index is 1.49. The van der Waals surface area contributed by atoms with Gasteiger partial charge in [0, 0.05) is 44.3 Å². The van der Waals surface area contributed by atoms with Gasteiger partial charge in [0.05, 0.1) is 24.9 Å². The Kier molecular flexibility index (Phi) is 7.70. The monoisotopic (exact) mass is 429 g/mol. The number of nitrogens with one attached hydrogen (secondary N) is 1. The number of morpholine rings is 1. The van der Waals surface area contributed by atoms with Crippen molar-refractivity contribution < 1.29 is 17.9 Å². The summed E-state index contributed by atoms with van der Waals surface area (Å²) in [5.74, 6) is -0.423. The molecule has 0 aliphatic carbocycles. The highest BCUT2D eigenvalue weighted by Crippen LogP contribution is 2.22. The van der Waals surface area contributed by atoms with E-state index in [1.807, 2.05) is 0 Å². The summed E-state index contributed by atoms with van der Waals surface area (Å²) in [6.45, 7) is 5.32. The molecular formula is C19H28ClN3O4S. The molecule has 0 spiro atoms. The summed E-state index contributed by atoms with van der Waals surface area (Å²) in [6.07, 6.45) is 1.41. The molecule has 2 aliphatic heterocycles. The van der Waals surface area contributed by atoms with Crippen LogP contribution in [-0.2, 0) is 25.3 Å². The molecule has 1 atom stereocenters. The zero-order chi connectivity index (χ0) is 20.0. The number of ether oxygens (including phenoxy) is 1. The maximum absolute atomic E-state index is 12.8. The number of amides is 1. The molecule has 7 nitrogen and oxygen atoms in total. The molecule has 0 radical (unpaired) electrons. The molecule has 28 heavy (non-hydrogen) atoms. The van der Waals surface area contributed by atoms with E-state index in [4.69, 9.17) is 16.3 Å². The average molecular weight is 430 g/mol. The lowest BCUT2D eigenvalue weighted by atomic mass is 9.99. The highest BCUT2D eigenvalue weighted by Gasteiger charge is 2.32. The Labute approximate surface area is 172 Å². The van der Waals surface area contributed by atoms with Crippen LogP contribution in [0, 0.1) is 5.92 Å². The van der Waals surface area contributed by atoms with Crippen LogP contribution in [0.5, 0.6) is 0 Å². The maximum Gasteiger partial charge on any atom is 0.224 e. The molecule has 1 aromatic rings. The van der Waals surface area contributed by atoms with Crippen molar-refractivity contribution in [3.63, 3.8) is 0 Å². The van der Waals surface area contributed by atoms with Crippen LogP contribution in [0.3, 0.4) is 0 Å². The number of nitrogens with zero attached hydrogens (tertiary/aromatic N) is 2. The van der Waals surface area contributed by atoms with Gasteiger partial charge in [-0.15, -0.1) is 0 Å². The van der Waals surface area contributed by atoms with E-state index in [2.05, 4.69) is 10.2 Å². The highest BCUT2D eigenvalue weighted by molar-refractivity contribution is 7.88. The molecule has 1 amide bonds. The fourth-order valence-electron chi connectivity index (χ4n) is 3.60. The van der Waals surface area contributed by atoms with E-state index in [9.17, 15) is 13.2 Å². The number of rotatable bonds is 7. The van der Waals surface area contributed by atoms with E-state index in [1.54, 1.807) is 24.3 Å². The van der Waals surface area contributed by atoms with Crippen LogP contribution in [0.1, 0.15) is 18.4 Å². The number of hydrogen-bond donors (Lipinski definition) is 1. The first-order chi connectivity index (χ1) is 13.4. The SMILES string of the molecule is O=C(NCCN1CCOCC1)[C@H]1CCCN(S(=O)(=O)Cc2ccc(Cl)cc2)C1. The van der Waals surface area contributed by atoms with Crippen LogP contribution in [-0.4, -0.2) is 76.0 Å². The summed E-state index contributed by atoms with van der Waals surface area (Å²) in [5, 5.41) is 3.55. The summed E-state index contributed by atoms with van der Waals surface area (Å²) >= 11 is 5.86. The van der Waals surface area contributed by atoms with Crippen molar-refractivity contribution in [2.75, 3.05) is 52.5 Å². The fourth-order valence-corrected chi connectivity index (χ4v) is 5.33. The predicted octanol–water partition coefficient (Wildman–Crippen LogP) is 1.33. The second kappa shape index (κ2) is 10.0. The topological polar surface area (TPSA) is 79.0 Å². The van der Waals surface area contributed by atoms with Crippen molar-refractivity contribution in [3.05, 3.63) is 34.9 Å². The Bertz CT molecular complexity index is 751. The lowest BCUT2D eigenvalue weighted by Gasteiger charge is -2.31. The third-order valence-corrected chi connectivity index (χ3v) is 7.31. The number of halogens is 1. The molecule has 9 heteroatoms. The van der Waals surface area contributed by atoms with Gasteiger partial charge in [0.25, 0.3) is 0 Å². The van der Waals surface area contributed by atoms with Crippen molar-refractivity contribution in [1.29, 1.82) is 0 Å². The van der Waals surface area contributed by atoms with E-state index in [0.717, 1.165) is 39.3 Å². The highest BCUT2D eigenvalue weighted by atomic mass is 35.5. The number of piperidine rings is 1. The van der Waals surface area contributed by atoms with Crippen molar-refractivity contribution in [2.45, 2.75) is 18.6 Å².